The van der Waals surface area contributed by atoms with E-state index in [1.165, 1.54) is 6.42 Å². The zero-order valence-electron chi connectivity index (χ0n) is 12.5. The van der Waals surface area contributed by atoms with Crippen molar-refractivity contribution in [1.29, 1.82) is 0 Å². The number of alkyl halides is 1. The van der Waals surface area contributed by atoms with Gasteiger partial charge in [-0.15, -0.1) is 11.6 Å². The molecule has 0 radical (unpaired) electrons. The SMILES string of the molecule is COc1ccc2c(c1)nc(C(C)Cl)n2CCC1CCCO1. The van der Waals surface area contributed by atoms with Gasteiger partial charge in [-0.05, 0) is 38.3 Å². The lowest BCUT2D eigenvalue weighted by Crippen LogP contribution is -2.12. The summed E-state index contributed by atoms with van der Waals surface area (Å²) < 4.78 is 13.2. The number of aryl methyl sites for hydroxylation is 1. The van der Waals surface area contributed by atoms with Crippen molar-refractivity contribution in [3.8, 4) is 5.75 Å². The van der Waals surface area contributed by atoms with Crippen LogP contribution in [0.15, 0.2) is 18.2 Å². The Morgan fingerprint density at radius 1 is 1.52 bits per heavy atom. The minimum atomic E-state index is -0.118. The summed E-state index contributed by atoms with van der Waals surface area (Å²) in [5.74, 6) is 1.73. The van der Waals surface area contributed by atoms with Crippen molar-refractivity contribution in [1.82, 2.24) is 9.55 Å². The molecule has 114 valence electrons. The van der Waals surface area contributed by atoms with Crippen LogP contribution >= 0.6 is 11.6 Å². The lowest BCUT2D eigenvalue weighted by atomic mass is 10.2. The topological polar surface area (TPSA) is 36.3 Å². The van der Waals surface area contributed by atoms with Crippen LogP contribution in [0.5, 0.6) is 5.75 Å². The number of hydrogen-bond acceptors (Lipinski definition) is 3. The molecule has 5 heteroatoms. The molecule has 0 amide bonds. The van der Waals surface area contributed by atoms with Crippen LogP contribution in [0.25, 0.3) is 11.0 Å². The maximum absolute atomic E-state index is 6.30. The summed E-state index contributed by atoms with van der Waals surface area (Å²) in [6.45, 7) is 3.74. The molecule has 2 heterocycles. The van der Waals surface area contributed by atoms with Crippen molar-refractivity contribution in [3.63, 3.8) is 0 Å². The van der Waals surface area contributed by atoms with Gasteiger partial charge in [0.25, 0.3) is 0 Å². The van der Waals surface area contributed by atoms with Crippen molar-refractivity contribution < 1.29 is 9.47 Å². The quantitative estimate of drug-likeness (QED) is 0.786. The van der Waals surface area contributed by atoms with E-state index < -0.39 is 0 Å². The summed E-state index contributed by atoms with van der Waals surface area (Å²) in [5, 5.41) is -0.118. The molecule has 1 aliphatic rings. The molecule has 21 heavy (non-hydrogen) atoms. The number of imidazole rings is 1. The van der Waals surface area contributed by atoms with Gasteiger partial charge in [0.15, 0.2) is 0 Å². The van der Waals surface area contributed by atoms with E-state index in [4.69, 9.17) is 21.1 Å². The van der Waals surface area contributed by atoms with Gasteiger partial charge in [0, 0.05) is 19.2 Å². The van der Waals surface area contributed by atoms with Crippen molar-refractivity contribution in [2.24, 2.45) is 0 Å². The largest absolute Gasteiger partial charge is 0.497 e. The standard InChI is InChI=1S/C16H21ClN2O2/c1-11(17)16-18-14-10-13(20-2)5-6-15(14)19(16)8-7-12-4-3-9-21-12/h5-6,10-12H,3-4,7-9H2,1-2H3. The van der Waals surface area contributed by atoms with Crippen LogP contribution < -0.4 is 4.74 Å². The second-order valence-corrected chi connectivity index (χ2v) is 6.17. The molecule has 0 spiro atoms. The number of halogens is 1. The number of fused-ring (bicyclic) bond motifs is 1. The first-order valence-electron chi connectivity index (χ1n) is 7.49. The van der Waals surface area contributed by atoms with Crippen LogP contribution in [-0.4, -0.2) is 29.4 Å². The molecule has 3 rings (SSSR count). The molecular weight excluding hydrogens is 288 g/mol. The van der Waals surface area contributed by atoms with E-state index in [1.54, 1.807) is 7.11 Å². The van der Waals surface area contributed by atoms with Crippen LogP contribution in [0.1, 0.15) is 37.4 Å². The van der Waals surface area contributed by atoms with Crippen molar-refractivity contribution in [2.75, 3.05) is 13.7 Å². The van der Waals surface area contributed by atoms with Crippen molar-refractivity contribution in [3.05, 3.63) is 24.0 Å². The molecule has 1 fully saturated rings. The molecule has 0 saturated carbocycles. The monoisotopic (exact) mass is 308 g/mol. The third kappa shape index (κ3) is 3.01. The van der Waals surface area contributed by atoms with E-state index in [0.717, 1.165) is 48.6 Å². The Balaban J connectivity index is 1.91. The number of aromatic nitrogens is 2. The third-order valence-electron chi connectivity index (χ3n) is 4.04. The fraction of sp³-hybridized carbons (Fsp3) is 0.562. The molecular formula is C16H21ClN2O2. The summed E-state index contributed by atoms with van der Waals surface area (Å²) in [7, 11) is 1.67. The Hall–Kier alpha value is -1.26. The normalized spacial score (nSPS) is 20.0. The van der Waals surface area contributed by atoms with Gasteiger partial charge in [0.2, 0.25) is 0 Å². The third-order valence-corrected chi connectivity index (χ3v) is 4.23. The molecule has 0 bridgehead atoms. The lowest BCUT2D eigenvalue weighted by molar-refractivity contribution is 0.100. The van der Waals surface area contributed by atoms with E-state index >= 15 is 0 Å². The van der Waals surface area contributed by atoms with Gasteiger partial charge in [-0.1, -0.05) is 0 Å². The molecule has 2 atom stereocenters. The van der Waals surface area contributed by atoms with E-state index in [0.29, 0.717) is 6.10 Å². The smallest absolute Gasteiger partial charge is 0.127 e. The molecule has 4 nitrogen and oxygen atoms in total. The van der Waals surface area contributed by atoms with Crippen LogP contribution in [0, 0.1) is 0 Å². The summed E-state index contributed by atoms with van der Waals surface area (Å²) in [5.41, 5.74) is 2.04. The molecule has 1 aromatic heterocycles. The van der Waals surface area contributed by atoms with Gasteiger partial charge < -0.3 is 14.0 Å². The van der Waals surface area contributed by atoms with E-state index in [-0.39, 0.29) is 5.38 Å². The maximum atomic E-state index is 6.30. The van der Waals surface area contributed by atoms with E-state index in [9.17, 15) is 0 Å². The van der Waals surface area contributed by atoms with Crippen molar-refractivity contribution >= 4 is 22.6 Å². The first kappa shape index (κ1) is 14.7. The molecule has 1 aromatic carbocycles. The Bertz CT molecular complexity index is 618. The average molecular weight is 309 g/mol. The minimum Gasteiger partial charge on any atom is -0.497 e. The van der Waals surface area contributed by atoms with Crippen LogP contribution in [0.2, 0.25) is 0 Å². The zero-order chi connectivity index (χ0) is 14.8. The number of rotatable bonds is 5. The van der Waals surface area contributed by atoms with Crippen molar-refractivity contribution in [2.45, 2.75) is 44.2 Å². The van der Waals surface area contributed by atoms with Gasteiger partial charge in [0.05, 0.1) is 29.6 Å². The molecule has 1 saturated heterocycles. The Morgan fingerprint density at radius 2 is 2.38 bits per heavy atom. The fourth-order valence-electron chi connectivity index (χ4n) is 2.94. The summed E-state index contributed by atoms with van der Waals surface area (Å²) in [6, 6.07) is 5.98. The molecule has 0 aliphatic carbocycles. The second kappa shape index (κ2) is 6.24. The highest BCUT2D eigenvalue weighted by molar-refractivity contribution is 6.20. The van der Waals surface area contributed by atoms with Gasteiger partial charge in [-0.3, -0.25) is 0 Å². The minimum absolute atomic E-state index is 0.118. The highest BCUT2D eigenvalue weighted by Gasteiger charge is 2.19. The number of ether oxygens (including phenoxy) is 2. The first-order chi connectivity index (χ1) is 10.2. The highest BCUT2D eigenvalue weighted by Crippen LogP contribution is 2.28. The maximum Gasteiger partial charge on any atom is 0.127 e. The van der Waals surface area contributed by atoms with Gasteiger partial charge >= 0.3 is 0 Å². The van der Waals surface area contributed by atoms with Crippen LogP contribution in [0.3, 0.4) is 0 Å². The van der Waals surface area contributed by atoms with Gasteiger partial charge in [-0.2, -0.15) is 0 Å². The number of methoxy groups -OCH3 is 1. The summed E-state index contributed by atoms with van der Waals surface area (Å²) in [6.07, 6.45) is 3.71. The second-order valence-electron chi connectivity index (χ2n) is 5.52. The highest BCUT2D eigenvalue weighted by atomic mass is 35.5. The number of benzene rings is 1. The lowest BCUT2D eigenvalue weighted by Gasteiger charge is -2.13. The Morgan fingerprint density at radius 3 is 3.05 bits per heavy atom. The van der Waals surface area contributed by atoms with Crippen LogP contribution in [0.4, 0.5) is 0 Å². The Labute approximate surface area is 130 Å². The van der Waals surface area contributed by atoms with E-state index in [1.807, 2.05) is 19.1 Å². The molecule has 2 unspecified atom stereocenters. The predicted octanol–water partition coefficient (Wildman–Crippen LogP) is 3.91. The van der Waals surface area contributed by atoms with Crippen LogP contribution in [-0.2, 0) is 11.3 Å². The number of hydrogen-bond donors (Lipinski definition) is 0. The van der Waals surface area contributed by atoms with Gasteiger partial charge in [-0.25, -0.2) is 4.98 Å². The zero-order valence-corrected chi connectivity index (χ0v) is 13.3. The molecule has 2 aromatic rings. The first-order valence-corrected chi connectivity index (χ1v) is 7.92. The van der Waals surface area contributed by atoms with Gasteiger partial charge in [0.1, 0.15) is 11.6 Å². The average Bonchev–Trinajstić information content (AvgIpc) is 3.11. The molecule has 0 N–H and O–H groups in total. The summed E-state index contributed by atoms with van der Waals surface area (Å²) in [4.78, 5) is 4.68. The predicted molar refractivity (Wildman–Crippen MR) is 84.1 cm³/mol. The fourth-order valence-corrected chi connectivity index (χ4v) is 3.11. The Kier molecular flexibility index (Phi) is 4.36. The number of nitrogens with zero attached hydrogens (tertiary/aromatic N) is 2. The molecule has 1 aliphatic heterocycles. The van der Waals surface area contributed by atoms with E-state index in [2.05, 4.69) is 15.6 Å². The summed E-state index contributed by atoms with van der Waals surface area (Å²) >= 11 is 6.30.